The Kier molecular flexibility index (Phi) is 12.8. The third kappa shape index (κ3) is 8.65. The summed E-state index contributed by atoms with van der Waals surface area (Å²) < 4.78 is 0. The molecule has 1 fully saturated rings. The lowest BCUT2D eigenvalue weighted by Gasteiger charge is -2.51. The SMILES string of the molecule is C=C(/N=C\C=C/C)[C@H]1[C@@H](c2cc(NCCC)nc(NCCC)n2)[C@H](c2ccccn2)[C@@H]1c1cc(NCCC)nc(NCCC)n1. The molecule has 1 aliphatic carbocycles. The molecule has 0 saturated heterocycles. The first-order chi connectivity index (χ1) is 22.0. The number of rotatable bonds is 18. The summed E-state index contributed by atoms with van der Waals surface area (Å²) in [5.74, 6) is 2.65. The van der Waals surface area contributed by atoms with Crippen LogP contribution in [-0.2, 0) is 0 Å². The van der Waals surface area contributed by atoms with Crippen LogP contribution in [0.5, 0.6) is 0 Å². The third-order valence-electron chi connectivity index (χ3n) is 7.83. The van der Waals surface area contributed by atoms with Crippen molar-refractivity contribution in [3.63, 3.8) is 0 Å². The Bertz CT molecular complexity index is 1300. The highest BCUT2D eigenvalue weighted by Crippen LogP contribution is 2.64. The van der Waals surface area contributed by atoms with Crippen LogP contribution in [0.15, 0.2) is 65.9 Å². The molecule has 45 heavy (non-hydrogen) atoms. The van der Waals surface area contributed by atoms with E-state index in [0.717, 1.165) is 86.3 Å². The highest BCUT2D eigenvalue weighted by Gasteiger charge is 2.55. The van der Waals surface area contributed by atoms with Gasteiger partial charge in [-0.15, -0.1) is 0 Å². The Balaban J connectivity index is 1.90. The molecule has 3 heterocycles. The van der Waals surface area contributed by atoms with Gasteiger partial charge in [-0.05, 0) is 50.8 Å². The van der Waals surface area contributed by atoms with Crippen molar-refractivity contribution >= 4 is 29.7 Å². The van der Waals surface area contributed by atoms with Crippen LogP contribution < -0.4 is 21.3 Å². The van der Waals surface area contributed by atoms with E-state index in [1.807, 2.05) is 43.6 Å². The molecule has 3 aromatic rings. The summed E-state index contributed by atoms with van der Waals surface area (Å²) in [6.45, 7) is 18.3. The molecule has 1 saturated carbocycles. The summed E-state index contributed by atoms with van der Waals surface area (Å²) in [5.41, 5.74) is 3.64. The van der Waals surface area contributed by atoms with E-state index in [1.165, 1.54) is 0 Å². The van der Waals surface area contributed by atoms with E-state index in [1.54, 1.807) is 0 Å². The molecule has 0 aromatic carbocycles. The second kappa shape index (κ2) is 17.2. The Morgan fingerprint density at radius 3 is 1.73 bits per heavy atom. The van der Waals surface area contributed by atoms with Crippen molar-refractivity contribution < 1.29 is 0 Å². The lowest BCUT2D eigenvalue weighted by atomic mass is 9.52. The number of hydrogen-bond donors (Lipinski definition) is 4. The second-order valence-electron chi connectivity index (χ2n) is 11.4. The summed E-state index contributed by atoms with van der Waals surface area (Å²) in [5, 5.41) is 13.8. The van der Waals surface area contributed by atoms with Crippen LogP contribution in [-0.4, -0.2) is 57.3 Å². The number of pyridine rings is 1. The van der Waals surface area contributed by atoms with E-state index in [4.69, 9.17) is 29.9 Å². The maximum Gasteiger partial charge on any atom is 0.224 e. The number of nitrogens with one attached hydrogen (secondary N) is 4. The standard InChI is InChI=1S/C35H50N10/c1-7-12-20-36-24(6)30-32(26-22-28(38-16-8-2)44-34(42-26)40-18-10-4)31(25-15-13-14-21-37-25)33(30)27-23-29(39-17-9-3)45-35(43-27)41-19-11-5/h7,12-15,20-23,30-33H,6,8-11,16-19H2,1-5H3,(H2,38,40,42,44)(H2,39,41,43,45)/b12-7-,36-20-/t30-,31-,32-,33-/m1/s1. The smallest absolute Gasteiger partial charge is 0.224 e. The fraction of sp³-hybridized carbons (Fsp3) is 0.486. The average molecular weight is 611 g/mol. The van der Waals surface area contributed by atoms with Gasteiger partial charge in [0.1, 0.15) is 11.6 Å². The van der Waals surface area contributed by atoms with Crippen LogP contribution in [0.2, 0.25) is 0 Å². The third-order valence-corrected chi connectivity index (χ3v) is 7.83. The lowest BCUT2D eigenvalue weighted by molar-refractivity contribution is 0.178. The summed E-state index contributed by atoms with van der Waals surface area (Å²) >= 11 is 0. The number of hydrogen-bond acceptors (Lipinski definition) is 10. The van der Waals surface area contributed by atoms with Gasteiger partial charge in [-0.2, -0.15) is 9.97 Å². The highest BCUT2D eigenvalue weighted by molar-refractivity contribution is 5.72. The summed E-state index contributed by atoms with van der Waals surface area (Å²) in [6, 6.07) is 10.3. The molecule has 0 spiro atoms. The number of anilines is 4. The number of nitrogens with zero attached hydrogens (tertiary/aromatic N) is 6. The van der Waals surface area contributed by atoms with Crippen LogP contribution in [0.3, 0.4) is 0 Å². The number of aliphatic imine (C=N–C) groups is 1. The quantitative estimate of drug-likeness (QED) is 0.109. The summed E-state index contributed by atoms with van der Waals surface area (Å²) in [7, 11) is 0. The monoisotopic (exact) mass is 610 g/mol. The molecular formula is C35H50N10. The van der Waals surface area contributed by atoms with Crippen molar-refractivity contribution in [1.29, 1.82) is 0 Å². The van der Waals surface area contributed by atoms with Gasteiger partial charge in [-0.1, -0.05) is 46.4 Å². The largest absolute Gasteiger partial charge is 0.370 e. The topological polar surface area (TPSA) is 125 Å². The van der Waals surface area contributed by atoms with Gasteiger partial charge in [0.2, 0.25) is 11.9 Å². The van der Waals surface area contributed by atoms with E-state index in [0.29, 0.717) is 11.9 Å². The molecule has 0 aliphatic heterocycles. The van der Waals surface area contributed by atoms with E-state index < -0.39 is 0 Å². The molecule has 0 amide bonds. The van der Waals surface area contributed by atoms with Crippen molar-refractivity contribution in [3.05, 3.63) is 78.0 Å². The van der Waals surface area contributed by atoms with Gasteiger partial charge in [-0.25, -0.2) is 9.97 Å². The fourth-order valence-corrected chi connectivity index (χ4v) is 5.74. The molecule has 0 unspecified atom stereocenters. The van der Waals surface area contributed by atoms with Crippen LogP contribution in [0.4, 0.5) is 23.5 Å². The number of allylic oxidation sites excluding steroid dienone is 3. The maximum absolute atomic E-state index is 5.10. The van der Waals surface area contributed by atoms with Crippen LogP contribution >= 0.6 is 0 Å². The highest BCUT2D eigenvalue weighted by atomic mass is 15.2. The van der Waals surface area contributed by atoms with E-state index in [9.17, 15) is 0 Å². The van der Waals surface area contributed by atoms with Gasteiger partial charge in [0.25, 0.3) is 0 Å². The fourth-order valence-electron chi connectivity index (χ4n) is 5.74. The summed E-state index contributed by atoms with van der Waals surface area (Å²) in [6.07, 6.45) is 11.5. The molecule has 0 radical (unpaired) electrons. The van der Waals surface area contributed by atoms with Gasteiger partial charge in [0.15, 0.2) is 0 Å². The van der Waals surface area contributed by atoms with E-state index in [-0.39, 0.29) is 23.7 Å². The van der Waals surface area contributed by atoms with Crippen LogP contribution in [0.25, 0.3) is 0 Å². The minimum Gasteiger partial charge on any atom is -0.370 e. The molecule has 10 heteroatoms. The zero-order valence-corrected chi connectivity index (χ0v) is 27.6. The van der Waals surface area contributed by atoms with Gasteiger partial charge in [0, 0.05) is 85.8 Å². The molecular weight excluding hydrogens is 560 g/mol. The van der Waals surface area contributed by atoms with Crippen molar-refractivity contribution in [1.82, 2.24) is 24.9 Å². The first-order valence-corrected chi connectivity index (χ1v) is 16.5. The Hall–Kier alpha value is -4.34. The Morgan fingerprint density at radius 2 is 1.27 bits per heavy atom. The average Bonchev–Trinajstić information content (AvgIpc) is 3.04. The molecule has 0 bridgehead atoms. The van der Waals surface area contributed by atoms with E-state index >= 15 is 0 Å². The molecule has 4 N–H and O–H groups in total. The predicted molar refractivity (Wildman–Crippen MR) is 188 cm³/mol. The molecule has 10 nitrogen and oxygen atoms in total. The van der Waals surface area contributed by atoms with Crippen molar-refractivity contribution in [2.45, 2.75) is 78.1 Å². The Labute approximate surface area is 268 Å². The van der Waals surface area contributed by atoms with Gasteiger partial charge in [-0.3, -0.25) is 9.98 Å². The Morgan fingerprint density at radius 1 is 0.733 bits per heavy atom. The zero-order valence-electron chi connectivity index (χ0n) is 27.6. The minimum atomic E-state index is -0.0839. The normalized spacial score (nSPS) is 19.4. The first kappa shape index (κ1) is 33.6. The number of aromatic nitrogens is 5. The van der Waals surface area contributed by atoms with Gasteiger partial charge < -0.3 is 21.3 Å². The summed E-state index contributed by atoms with van der Waals surface area (Å²) in [4.78, 5) is 29.5. The molecule has 4 rings (SSSR count). The molecule has 2 atom stereocenters. The van der Waals surface area contributed by atoms with Crippen molar-refractivity contribution in [2.75, 3.05) is 47.4 Å². The van der Waals surface area contributed by atoms with Crippen LogP contribution in [0.1, 0.15) is 95.1 Å². The molecule has 3 aromatic heterocycles. The van der Waals surface area contributed by atoms with Crippen molar-refractivity contribution in [3.8, 4) is 0 Å². The molecule has 240 valence electrons. The molecule has 1 aliphatic rings. The predicted octanol–water partition coefficient (Wildman–Crippen LogP) is 7.39. The maximum atomic E-state index is 5.10. The van der Waals surface area contributed by atoms with Gasteiger partial charge in [0.05, 0.1) is 11.4 Å². The van der Waals surface area contributed by atoms with Crippen LogP contribution in [0, 0.1) is 5.92 Å². The minimum absolute atomic E-state index is 0.0224. The van der Waals surface area contributed by atoms with E-state index in [2.05, 4.69) is 73.7 Å². The lowest BCUT2D eigenvalue weighted by Crippen LogP contribution is -2.44. The first-order valence-electron chi connectivity index (χ1n) is 16.5. The van der Waals surface area contributed by atoms with Gasteiger partial charge >= 0.3 is 0 Å². The zero-order chi connectivity index (χ0) is 32.0. The second-order valence-corrected chi connectivity index (χ2v) is 11.4. The van der Waals surface area contributed by atoms with Crippen molar-refractivity contribution in [2.24, 2.45) is 10.9 Å².